The standard InChI is InChI=1S/C28H46O7/c1-8-35-28(33)18(3)14-17(2)24(29)20(5)26(31)22(7)27(32)21(6)25(30)19(4)15-34-16-23-12-10-9-11-13-23/h9-14,17,19-22,24-27,29-32H,8,15-16H2,1-7H3/t17-,19+,20+,21+,22-,24-,25+,26+,27+/m0/s1. The quantitative estimate of drug-likeness (QED) is 0.218. The largest absolute Gasteiger partial charge is 0.463 e. The summed E-state index contributed by atoms with van der Waals surface area (Å²) in [7, 11) is 0. The average molecular weight is 495 g/mol. The molecule has 0 fully saturated rings. The van der Waals surface area contributed by atoms with E-state index in [0.29, 0.717) is 18.8 Å². The highest BCUT2D eigenvalue weighted by Crippen LogP contribution is 2.29. The Labute approximate surface area is 210 Å². The molecule has 0 aliphatic rings. The predicted octanol–water partition coefficient (Wildman–Crippen LogP) is 3.34. The zero-order valence-electron chi connectivity index (χ0n) is 22.3. The first-order chi connectivity index (χ1) is 16.4. The molecule has 0 aliphatic heterocycles. The van der Waals surface area contributed by atoms with Crippen LogP contribution in [0.5, 0.6) is 0 Å². The lowest BCUT2D eigenvalue weighted by atomic mass is 9.77. The summed E-state index contributed by atoms with van der Waals surface area (Å²) >= 11 is 0. The van der Waals surface area contributed by atoms with Crippen molar-refractivity contribution < 1.29 is 34.7 Å². The van der Waals surface area contributed by atoms with Gasteiger partial charge in [-0.2, -0.15) is 0 Å². The molecule has 0 saturated carbocycles. The number of carbonyl (C=O) groups is 1. The molecular formula is C28H46O7. The number of hydrogen-bond donors (Lipinski definition) is 4. The minimum absolute atomic E-state index is 0.216. The first-order valence-corrected chi connectivity index (χ1v) is 12.6. The molecular weight excluding hydrogens is 448 g/mol. The zero-order chi connectivity index (χ0) is 26.7. The van der Waals surface area contributed by atoms with Gasteiger partial charge in [0.05, 0.1) is 44.2 Å². The number of esters is 1. The summed E-state index contributed by atoms with van der Waals surface area (Å²) in [6.07, 6.45) is -2.13. The number of benzene rings is 1. The molecule has 1 aromatic rings. The topological polar surface area (TPSA) is 116 Å². The van der Waals surface area contributed by atoms with E-state index in [9.17, 15) is 25.2 Å². The Morgan fingerprint density at radius 1 is 0.857 bits per heavy atom. The van der Waals surface area contributed by atoms with Crippen LogP contribution in [-0.4, -0.2) is 64.0 Å². The minimum Gasteiger partial charge on any atom is -0.463 e. The van der Waals surface area contributed by atoms with E-state index in [4.69, 9.17) is 9.47 Å². The second kappa shape index (κ2) is 15.4. The van der Waals surface area contributed by atoms with Crippen LogP contribution in [-0.2, 0) is 20.9 Å². The van der Waals surface area contributed by atoms with Crippen LogP contribution in [0.25, 0.3) is 0 Å². The normalized spacial score (nSPS) is 20.1. The van der Waals surface area contributed by atoms with Gasteiger partial charge < -0.3 is 29.9 Å². The van der Waals surface area contributed by atoms with Crippen LogP contribution >= 0.6 is 0 Å². The summed E-state index contributed by atoms with van der Waals surface area (Å²) in [6.45, 7) is 13.2. The van der Waals surface area contributed by atoms with E-state index in [1.54, 1.807) is 47.6 Å². The van der Waals surface area contributed by atoms with Crippen LogP contribution in [0.3, 0.4) is 0 Å². The number of carbonyl (C=O) groups excluding carboxylic acids is 1. The summed E-state index contributed by atoms with van der Waals surface area (Å²) in [4.78, 5) is 11.8. The Balaban J connectivity index is 2.66. The lowest BCUT2D eigenvalue weighted by Gasteiger charge is -2.37. The predicted molar refractivity (Wildman–Crippen MR) is 136 cm³/mol. The van der Waals surface area contributed by atoms with Crippen LogP contribution < -0.4 is 0 Å². The van der Waals surface area contributed by atoms with E-state index in [1.807, 2.05) is 37.3 Å². The number of rotatable bonds is 15. The van der Waals surface area contributed by atoms with Crippen molar-refractivity contribution in [1.82, 2.24) is 0 Å². The van der Waals surface area contributed by atoms with E-state index in [1.165, 1.54) is 0 Å². The fourth-order valence-corrected chi connectivity index (χ4v) is 4.40. The second-order valence-electron chi connectivity index (χ2n) is 9.95. The summed E-state index contributed by atoms with van der Waals surface area (Å²) in [5, 5.41) is 43.4. The van der Waals surface area contributed by atoms with Gasteiger partial charge in [-0.15, -0.1) is 0 Å². The van der Waals surface area contributed by atoms with Gasteiger partial charge in [0.15, 0.2) is 0 Å². The molecule has 0 saturated heterocycles. The van der Waals surface area contributed by atoms with E-state index in [2.05, 4.69) is 0 Å². The van der Waals surface area contributed by atoms with Crippen LogP contribution in [0.1, 0.15) is 54.0 Å². The van der Waals surface area contributed by atoms with Gasteiger partial charge in [0.25, 0.3) is 0 Å². The first-order valence-electron chi connectivity index (χ1n) is 12.6. The van der Waals surface area contributed by atoms with Crippen LogP contribution in [0, 0.1) is 29.6 Å². The van der Waals surface area contributed by atoms with Crippen molar-refractivity contribution in [2.45, 2.75) is 79.5 Å². The van der Waals surface area contributed by atoms with E-state index in [0.717, 1.165) is 5.56 Å². The summed E-state index contributed by atoms with van der Waals surface area (Å²) in [5.41, 5.74) is 1.45. The van der Waals surface area contributed by atoms with Crippen molar-refractivity contribution in [2.24, 2.45) is 29.6 Å². The van der Waals surface area contributed by atoms with E-state index >= 15 is 0 Å². The average Bonchev–Trinajstić information content (AvgIpc) is 2.85. The highest BCUT2D eigenvalue weighted by molar-refractivity contribution is 5.87. The highest BCUT2D eigenvalue weighted by atomic mass is 16.5. The number of aliphatic hydroxyl groups excluding tert-OH is 4. The molecule has 7 nitrogen and oxygen atoms in total. The summed E-state index contributed by atoms with van der Waals surface area (Å²) in [6, 6.07) is 9.77. The Bertz CT molecular complexity index is 766. The molecule has 7 heteroatoms. The molecule has 4 N–H and O–H groups in total. The first kappa shape index (κ1) is 31.3. The van der Waals surface area contributed by atoms with Crippen LogP contribution in [0.4, 0.5) is 0 Å². The third kappa shape index (κ3) is 9.66. The van der Waals surface area contributed by atoms with Crippen LogP contribution in [0.2, 0.25) is 0 Å². The molecule has 0 amide bonds. The monoisotopic (exact) mass is 494 g/mol. The molecule has 0 heterocycles. The molecule has 200 valence electrons. The van der Waals surface area contributed by atoms with Gasteiger partial charge >= 0.3 is 5.97 Å². The molecule has 1 aromatic carbocycles. The Morgan fingerprint density at radius 3 is 1.91 bits per heavy atom. The number of hydrogen-bond acceptors (Lipinski definition) is 7. The number of aliphatic hydroxyl groups is 4. The van der Waals surface area contributed by atoms with E-state index in [-0.39, 0.29) is 12.5 Å². The Kier molecular flexibility index (Phi) is 13.7. The fraction of sp³-hybridized carbons (Fsp3) is 0.679. The Morgan fingerprint density at radius 2 is 1.37 bits per heavy atom. The van der Waals surface area contributed by atoms with Gasteiger partial charge in [-0.3, -0.25) is 0 Å². The van der Waals surface area contributed by atoms with Crippen molar-refractivity contribution in [2.75, 3.05) is 13.2 Å². The van der Waals surface area contributed by atoms with Crippen molar-refractivity contribution >= 4 is 5.97 Å². The molecule has 0 unspecified atom stereocenters. The third-order valence-electron chi connectivity index (χ3n) is 6.96. The highest BCUT2D eigenvalue weighted by Gasteiger charge is 2.37. The number of ether oxygens (including phenoxy) is 2. The SMILES string of the molecule is CCOC(=O)C(C)=C[C@H](C)[C@H](O)[C@@H](C)[C@@H](O)[C@H](C)[C@H](O)[C@H](C)[C@H](O)[C@H](C)COCc1ccccc1. The maximum absolute atomic E-state index is 11.8. The van der Waals surface area contributed by atoms with Crippen molar-refractivity contribution in [3.8, 4) is 0 Å². The molecule has 0 aromatic heterocycles. The summed E-state index contributed by atoms with van der Waals surface area (Å²) < 4.78 is 10.7. The summed E-state index contributed by atoms with van der Waals surface area (Å²) in [5.74, 6) is -2.73. The van der Waals surface area contributed by atoms with E-state index < -0.39 is 54.1 Å². The van der Waals surface area contributed by atoms with Crippen molar-refractivity contribution in [1.29, 1.82) is 0 Å². The lowest BCUT2D eigenvalue weighted by molar-refractivity contribution is -0.138. The van der Waals surface area contributed by atoms with Crippen molar-refractivity contribution in [3.63, 3.8) is 0 Å². The minimum atomic E-state index is -1.02. The molecule has 0 bridgehead atoms. The molecule has 0 radical (unpaired) electrons. The van der Waals surface area contributed by atoms with Gasteiger partial charge in [-0.05, 0) is 19.4 Å². The molecule has 1 rings (SSSR count). The van der Waals surface area contributed by atoms with Gasteiger partial charge in [-0.1, -0.05) is 71.0 Å². The van der Waals surface area contributed by atoms with Gasteiger partial charge in [-0.25, -0.2) is 4.79 Å². The van der Waals surface area contributed by atoms with Gasteiger partial charge in [0.1, 0.15) is 0 Å². The lowest BCUT2D eigenvalue weighted by Crippen LogP contribution is -2.46. The molecule has 0 spiro atoms. The molecule has 0 aliphatic carbocycles. The van der Waals surface area contributed by atoms with Gasteiger partial charge in [0.2, 0.25) is 0 Å². The molecule has 35 heavy (non-hydrogen) atoms. The Hall–Kier alpha value is -1.77. The fourth-order valence-electron chi connectivity index (χ4n) is 4.40. The zero-order valence-corrected chi connectivity index (χ0v) is 22.3. The molecule has 9 atom stereocenters. The second-order valence-corrected chi connectivity index (χ2v) is 9.95. The maximum Gasteiger partial charge on any atom is 0.333 e. The smallest absolute Gasteiger partial charge is 0.333 e. The van der Waals surface area contributed by atoms with Crippen LogP contribution in [0.15, 0.2) is 42.0 Å². The maximum atomic E-state index is 11.8. The van der Waals surface area contributed by atoms with Gasteiger partial charge in [0, 0.05) is 35.2 Å². The third-order valence-corrected chi connectivity index (χ3v) is 6.96. The van der Waals surface area contributed by atoms with Crippen molar-refractivity contribution in [3.05, 3.63) is 47.5 Å².